The molecule has 12 heteroatoms. The number of hydrogen-bond acceptors (Lipinski definition) is 6. The maximum absolute atomic E-state index is 13.3. The second kappa shape index (κ2) is 8.44. The van der Waals surface area contributed by atoms with Crippen molar-refractivity contribution in [3.63, 3.8) is 0 Å². The predicted octanol–water partition coefficient (Wildman–Crippen LogP) is 4.73. The Morgan fingerprint density at radius 1 is 1.16 bits per heavy atom. The number of amides is 1. The summed E-state index contributed by atoms with van der Waals surface area (Å²) in [5, 5.41) is 11.9. The Balaban J connectivity index is 1.54. The zero-order valence-corrected chi connectivity index (χ0v) is 16.1. The van der Waals surface area contributed by atoms with E-state index in [1.807, 2.05) is 0 Å². The van der Waals surface area contributed by atoms with Gasteiger partial charge in [-0.1, -0.05) is 12.1 Å². The van der Waals surface area contributed by atoms with Crippen LogP contribution >= 0.6 is 0 Å². The molecule has 0 saturated heterocycles. The van der Waals surface area contributed by atoms with Crippen molar-refractivity contribution in [2.24, 2.45) is 5.10 Å². The molecule has 1 aliphatic carbocycles. The van der Waals surface area contributed by atoms with E-state index in [0.29, 0.717) is 24.0 Å². The van der Waals surface area contributed by atoms with Gasteiger partial charge in [-0.05, 0) is 36.6 Å². The van der Waals surface area contributed by atoms with E-state index in [1.165, 1.54) is 18.3 Å². The summed E-state index contributed by atoms with van der Waals surface area (Å²) in [5.41, 5.74) is -0.749. The minimum Gasteiger partial charge on any atom is -0.415 e. The van der Waals surface area contributed by atoms with Crippen LogP contribution < -0.4 is 0 Å². The summed E-state index contributed by atoms with van der Waals surface area (Å²) in [6.07, 6.45) is -3.18. The van der Waals surface area contributed by atoms with Crippen molar-refractivity contribution in [2.75, 3.05) is 0 Å². The highest BCUT2D eigenvalue weighted by atomic mass is 19.4. The number of benzene rings is 1. The van der Waals surface area contributed by atoms with Crippen molar-refractivity contribution in [3.05, 3.63) is 65.3 Å². The number of pyridine rings is 1. The monoisotopic (exact) mass is 451 g/mol. The highest BCUT2D eigenvalue weighted by molar-refractivity contribution is 5.96. The molecule has 2 heterocycles. The fraction of sp³-hybridized carbons (Fsp3) is 0.250. The van der Waals surface area contributed by atoms with Crippen LogP contribution in [0, 0.1) is 0 Å². The molecule has 0 atom stereocenters. The van der Waals surface area contributed by atoms with Crippen LogP contribution in [0.2, 0.25) is 0 Å². The van der Waals surface area contributed by atoms with Crippen LogP contribution in [0.3, 0.4) is 0 Å². The second-order valence-corrected chi connectivity index (χ2v) is 6.91. The molecule has 0 aliphatic heterocycles. The molecule has 1 aromatic carbocycles. The van der Waals surface area contributed by atoms with E-state index in [1.54, 1.807) is 12.1 Å². The summed E-state index contributed by atoms with van der Waals surface area (Å²) < 4.78 is 69.8. The van der Waals surface area contributed by atoms with Crippen LogP contribution in [0.15, 0.2) is 52.2 Å². The van der Waals surface area contributed by atoms with Crippen molar-refractivity contribution in [3.8, 4) is 11.5 Å². The second-order valence-electron chi connectivity index (χ2n) is 6.91. The molecule has 2 aromatic heterocycles. The first kappa shape index (κ1) is 21.5. The zero-order valence-electron chi connectivity index (χ0n) is 16.1. The first-order valence-corrected chi connectivity index (χ1v) is 9.35. The van der Waals surface area contributed by atoms with Crippen LogP contribution in [0.1, 0.15) is 46.6 Å². The van der Waals surface area contributed by atoms with E-state index in [2.05, 4.69) is 20.3 Å². The van der Waals surface area contributed by atoms with Gasteiger partial charge in [0, 0.05) is 18.0 Å². The Hall–Kier alpha value is -3.70. The molecule has 1 fully saturated rings. The lowest BCUT2D eigenvalue weighted by Crippen LogP contribution is -2.30. The topological polar surface area (TPSA) is 84.5 Å². The van der Waals surface area contributed by atoms with Gasteiger partial charge in [-0.2, -0.15) is 27.1 Å². The Morgan fingerprint density at radius 3 is 2.47 bits per heavy atom. The van der Waals surface area contributed by atoms with Gasteiger partial charge in [0.2, 0.25) is 5.89 Å². The molecule has 7 nitrogen and oxygen atoms in total. The summed E-state index contributed by atoms with van der Waals surface area (Å²) in [6, 6.07) is 6.62. The molecule has 0 bridgehead atoms. The lowest BCUT2D eigenvalue weighted by molar-refractivity contribution is -0.138. The summed E-state index contributed by atoms with van der Waals surface area (Å²) in [7, 11) is 0. The average molecular weight is 451 g/mol. The van der Waals surface area contributed by atoms with Gasteiger partial charge in [0.1, 0.15) is 0 Å². The maximum Gasteiger partial charge on any atom is 0.417 e. The summed E-state index contributed by atoms with van der Waals surface area (Å²) in [4.78, 5) is 16.4. The summed E-state index contributed by atoms with van der Waals surface area (Å²) >= 11 is 0. The fourth-order valence-corrected chi connectivity index (χ4v) is 2.85. The summed E-state index contributed by atoms with van der Waals surface area (Å²) in [5.74, 6) is -1.78. The number of carbonyl (C=O) groups excluding carboxylic acids is 1. The van der Waals surface area contributed by atoms with Crippen LogP contribution in [0.4, 0.5) is 22.0 Å². The molecule has 166 valence electrons. The fourth-order valence-electron chi connectivity index (χ4n) is 2.85. The maximum atomic E-state index is 13.3. The largest absolute Gasteiger partial charge is 0.417 e. The van der Waals surface area contributed by atoms with Gasteiger partial charge in [0.25, 0.3) is 11.8 Å². The molecule has 0 spiro atoms. The molecular formula is C20H14F5N5O2. The van der Waals surface area contributed by atoms with E-state index < -0.39 is 35.5 Å². The standard InChI is InChI=1S/C20H14F5N5O2/c21-16(22)18-29-28-17(32-18)12-3-1-11(2-4-12)9-27-30(13-5-6-13)19(31)14-10-26-8-7-15(14)20(23,24)25/h1-4,7-10,13,16H,5-6H2/b27-9+. The lowest BCUT2D eigenvalue weighted by atomic mass is 10.1. The molecule has 1 aliphatic rings. The number of hydrogen-bond donors (Lipinski definition) is 0. The first-order valence-electron chi connectivity index (χ1n) is 9.35. The minimum atomic E-state index is -4.71. The van der Waals surface area contributed by atoms with E-state index in [-0.39, 0.29) is 11.9 Å². The van der Waals surface area contributed by atoms with Gasteiger partial charge in [0.05, 0.1) is 23.4 Å². The van der Waals surface area contributed by atoms with Crippen molar-refractivity contribution in [1.29, 1.82) is 0 Å². The highest BCUT2D eigenvalue weighted by Crippen LogP contribution is 2.34. The Bertz CT molecular complexity index is 1140. The zero-order chi connectivity index (χ0) is 22.9. The quantitative estimate of drug-likeness (QED) is 0.308. The number of rotatable bonds is 6. The van der Waals surface area contributed by atoms with Crippen molar-refractivity contribution < 1.29 is 31.2 Å². The molecule has 1 saturated carbocycles. The smallest absolute Gasteiger partial charge is 0.415 e. The van der Waals surface area contributed by atoms with Crippen LogP contribution in [-0.4, -0.2) is 38.4 Å². The van der Waals surface area contributed by atoms with Gasteiger partial charge in [-0.25, -0.2) is 5.01 Å². The molecule has 0 N–H and O–H groups in total. The lowest BCUT2D eigenvalue weighted by Gasteiger charge is -2.19. The molecule has 4 rings (SSSR count). The third-order valence-electron chi connectivity index (χ3n) is 4.57. The first-order chi connectivity index (χ1) is 15.2. The van der Waals surface area contributed by atoms with Crippen LogP contribution in [-0.2, 0) is 6.18 Å². The number of alkyl halides is 5. The number of halogens is 5. The van der Waals surface area contributed by atoms with E-state index in [4.69, 9.17) is 4.42 Å². The highest BCUT2D eigenvalue weighted by Gasteiger charge is 2.39. The van der Waals surface area contributed by atoms with Gasteiger partial charge in [-0.3, -0.25) is 9.78 Å². The third kappa shape index (κ3) is 4.63. The number of nitrogens with zero attached hydrogens (tertiary/aromatic N) is 5. The number of carbonyl (C=O) groups is 1. The van der Waals surface area contributed by atoms with Crippen LogP contribution in [0.25, 0.3) is 11.5 Å². The van der Waals surface area contributed by atoms with Gasteiger partial charge in [-0.15, -0.1) is 10.2 Å². The Kier molecular flexibility index (Phi) is 5.68. The van der Waals surface area contributed by atoms with E-state index >= 15 is 0 Å². The normalized spacial score (nSPS) is 14.3. The number of hydrazone groups is 1. The van der Waals surface area contributed by atoms with E-state index in [9.17, 15) is 26.7 Å². The van der Waals surface area contributed by atoms with Gasteiger partial charge >= 0.3 is 12.6 Å². The molecule has 0 radical (unpaired) electrons. The Morgan fingerprint density at radius 2 is 1.88 bits per heavy atom. The molecule has 0 unspecified atom stereocenters. The molecular weight excluding hydrogens is 437 g/mol. The average Bonchev–Trinajstić information content (AvgIpc) is 3.48. The summed E-state index contributed by atoms with van der Waals surface area (Å²) in [6.45, 7) is 0. The van der Waals surface area contributed by atoms with Crippen molar-refractivity contribution in [1.82, 2.24) is 20.2 Å². The van der Waals surface area contributed by atoms with Crippen molar-refractivity contribution >= 4 is 12.1 Å². The Labute approximate surface area is 177 Å². The third-order valence-corrected chi connectivity index (χ3v) is 4.57. The van der Waals surface area contributed by atoms with Gasteiger partial charge < -0.3 is 4.42 Å². The SMILES string of the molecule is O=C(c1cnccc1C(F)(F)F)N(/N=C/c1ccc(-c2nnc(C(F)F)o2)cc1)C1CC1. The van der Waals surface area contributed by atoms with Crippen LogP contribution in [0.5, 0.6) is 0 Å². The predicted molar refractivity (Wildman–Crippen MR) is 101 cm³/mol. The molecule has 3 aromatic rings. The van der Waals surface area contributed by atoms with Gasteiger partial charge in [0.15, 0.2) is 0 Å². The van der Waals surface area contributed by atoms with Crippen molar-refractivity contribution in [2.45, 2.75) is 31.5 Å². The molecule has 1 amide bonds. The minimum absolute atomic E-state index is 0.0881. The van der Waals surface area contributed by atoms with E-state index in [0.717, 1.165) is 23.5 Å². The molecule has 32 heavy (non-hydrogen) atoms. The number of aromatic nitrogens is 3.